The van der Waals surface area contributed by atoms with Crippen LogP contribution in [0.25, 0.3) is 6.08 Å². The first kappa shape index (κ1) is 18.1. The number of hydrogen-bond donors (Lipinski definition) is 1. The lowest BCUT2D eigenvalue weighted by atomic mass is 10.1. The van der Waals surface area contributed by atoms with E-state index >= 15 is 0 Å². The topological polar surface area (TPSA) is 47.6 Å². The van der Waals surface area contributed by atoms with Crippen LogP contribution in [-0.4, -0.2) is 20.1 Å². The molecule has 2 rings (SSSR count). The van der Waals surface area contributed by atoms with Gasteiger partial charge in [-0.3, -0.25) is 4.79 Å². The Morgan fingerprint density at radius 1 is 1.08 bits per heavy atom. The third kappa shape index (κ3) is 4.86. The van der Waals surface area contributed by atoms with Crippen LogP contribution in [0.15, 0.2) is 53.0 Å². The molecule has 0 unspecified atom stereocenters. The molecule has 0 radical (unpaired) electrons. The van der Waals surface area contributed by atoms with Crippen molar-refractivity contribution in [3.63, 3.8) is 0 Å². The smallest absolute Gasteiger partial charge is 0.244 e. The number of rotatable bonds is 6. The number of carbonyl (C=O) groups is 1. The second-order valence-electron chi connectivity index (χ2n) is 5.23. The summed E-state index contributed by atoms with van der Waals surface area (Å²) in [6, 6.07) is 13.3. The molecule has 0 aliphatic carbocycles. The molecule has 0 bridgehead atoms. The molecule has 0 saturated heterocycles. The molecule has 0 aromatic heterocycles. The molecule has 0 spiro atoms. The van der Waals surface area contributed by atoms with Gasteiger partial charge >= 0.3 is 0 Å². The van der Waals surface area contributed by atoms with Crippen molar-refractivity contribution < 1.29 is 14.3 Å². The van der Waals surface area contributed by atoms with Gasteiger partial charge in [-0.1, -0.05) is 34.1 Å². The van der Waals surface area contributed by atoms with Crippen LogP contribution < -0.4 is 14.8 Å². The van der Waals surface area contributed by atoms with Crippen molar-refractivity contribution in [1.29, 1.82) is 0 Å². The number of hydrogen-bond acceptors (Lipinski definition) is 3. The highest BCUT2D eigenvalue weighted by Crippen LogP contribution is 2.28. The molecule has 0 aliphatic heterocycles. The fourth-order valence-electron chi connectivity index (χ4n) is 2.22. The Labute approximate surface area is 150 Å². The Bertz CT molecular complexity index is 726. The molecule has 1 atom stereocenters. The van der Waals surface area contributed by atoms with Crippen LogP contribution in [-0.2, 0) is 4.79 Å². The van der Waals surface area contributed by atoms with Gasteiger partial charge in [0.15, 0.2) is 11.5 Å². The van der Waals surface area contributed by atoms with E-state index < -0.39 is 0 Å². The monoisotopic (exact) mass is 389 g/mol. The highest BCUT2D eigenvalue weighted by molar-refractivity contribution is 9.10. The number of amides is 1. The average molecular weight is 390 g/mol. The number of methoxy groups -OCH3 is 2. The molecule has 24 heavy (non-hydrogen) atoms. The zero-order valence-electron chi connectivity index (χ0n) is 13.9. The lowest BCUT2D eigenvalue weighted by molar-refractivity contribution is -0.117. The second-order valence-corrected chi connectivity index (χ2v) is 6.15. The summed E-state index contributed by atoms with van der Waals surface area (Å²) < 4.78 is 11.5. The maximum absolute atomic E-state index is 12.1. The Balaban J connectivity index is 2.01. The van der Waals surface area contributed by atoms with Crippen LogP contribution in [0.3, 0.4) is 0 Å². The summed E-state index contributed by atoms with van der Waals surface area (Å²) in [5.41, 5.74) is 1.91. The van der Waals surface area contributed by atoms with Crippen molar-refractivity contribution in [3.8, 4) is 11.5 Å². The van der Waals surface area contributed by atoms with E-state index in [0.29, 0.717) is 11.5 Å². The molecule has 5 heteroatoms. The third-order valence-corrected chi connectivity index (χ3v) is 4.09. The van der Waals surface area contributed by atoms with Crippen LogP contribution in [0.4, 0.5) is 0 Å². The molecular weight excluding hydrogens is 370 g/mol. The molecule has 1 amide bonds. The summed E-state index contributed by atoms with van der Waals surface area (Å²) in [6.45, 7) is 1.95. The fraction of sp³-hybridized carbons (Fsp3) is 0.211. The quantitative estimate of drug-likeness (QED) is 0.746. The number of ether oxygens (including phenoxy) is 2. The SMILES string of the molecule is COc1ccc(/C=C/C(=O)N[C@@H](C)c2ccc(Br)cc2)cc1OC. The largest absolute Gasteiger partial charge is 0.493 e. The maximum atomic E-state index is 12.1. The van der Waals surface area contributed by atoms with Gasteiger partial charge in [0.1, 0.15) is 0 Å². The number of halogens is 1. The van der Waals surface area contributed by atoms with E-state index in [2.05, 4.69) is 21.2 Å². The second kappa shape index (κ2) is 8.55. The Morgan fingerprint density at radius 3 is 2.38 bits per heavy atom. The van der Waals surface area contributed by atoms with Crippen LogP contribution >= 0.6 is 15.9 Å². The number of benzene rings is 2. The van der Waals surface area contributed by atoms with Gasteiger partial charge in [-0.2, -0.15) is 0 Å². The normalized spacial score (nSPS) is 12.0. The van der Waals surface area contributed by atoms with Gasteiger partial charge in [0, 0.05) is 10.5 Å². The standard InChI is InChI=1S/C19H20BrNO3/c1-13(15-6-8-16(20)9-7-15)21-19(22)11-5-14-4-10-17(23-2)18(12-14)24-3/h4-13H,1-3H3,(H,21,22)/b11-5+/t13-/m0/s1. The van der Waals surface area contributed by atoms with Gasteiger partial charge in [0.2, 0.25) is 5.91 Å². The fourth-order valence-corrected chi connectivity index (χ4v) is 2.49. The molecule has 1 N–H and O–H groups in total. The predicted molar refractivity (Wildman–Crippen MR) is 99.3 cm³/mol. The maximum Gasteiger partial charge on any atom is 0.244 e. The first-order valence-corrected chi connectivity index (χ1v) is 8.29. The van der Waals surface area contributed by atoms with E-state index in [1.807, 2.05) is 43.3 Å². The first-order valence-electron chi connectivity index (χ1n) is 7.49. The Kier molecular flexibility index (Phi) is 6.44. The van der Waals surface area contributed by atoms with Gasteiger partial charge in [-0.15, -0.1) is 0 Å². The number of carbonyl (C=O) groups excluding carboxylic acids is 1. The van der Waals surface area contributed by atoms with Gasteiger partial charge < -0.3 is 14.8 Å². The minimum absolute atomic E-state index is 0.0688. The van der Waals surface area contributed by atoms with E-state index in [4.69, 9.17) is 9.47 Å². The summed E-state index contributed by atoms with van der Waals surface area (Å²) in [4.78, 5) is 12.1. The molecule has 126 valence electrons. The van der Waals surface area contributed by atoms with E-state index in [-0.39, 0.29) is 11.9 Å². The van der Waals surface area contributed by atoms with Gasteiger partial charge in [-0.25, -0.2) is 0 Å². The van der Waals surface area contributed by atoms with Crippen molar-refractivity contribution in [2.45, 2.75) is 13.0 Å². The number of nitrogens with one attached hydrogen (secondary N) is 1. The molecule has 2 aromatic rings. The van der Waals surface area contributed by atoms with E-state index in [1.165, 1.54) is 6.08 Å². The summed E-state index contributed by atoms with van der Waals surface area (Å²) in [7, 11) is 3.17. The summed E-state index contributed by atoms with van der Waals surface area (Å²) in [6.07, 6.45) is 3.25. The highest BCUT2D eigenvalue weighted by Gasteiger charge is 2.07. The van der Waals surface area contributed by atoms with Crippen molar-refractivity contribution >= 4 is 27.9 Å². The Morgan fingerprint density at radius 2 is 1.75 bits per heavy atom. The summed E-state index contributed by atoms with van der Waals surface area (Å²) >= 11 is 3.40. The van der Waals surface area contributed by atoms with Gasteiger partial charge in [0.05, 0.1) is 20.3 Å². The van der Waals surface area contributed by atoms with Gasteiger partial charge in [-0.05, 0) is 48.4 Å². The average Bonchev–Trinajstić information content (AvgIpc) is 2.60. The molecule has 0 fully saturated rings. The lowest BCUT2D eigenvalue weighted by Gasteiger charge is -2.13. The summed E-state index contributed by atoms with van der Waals surface area (Å²) in [5.74, 6) is 1.13. The summed E-state index contributed by atoms with van der Waals surface area (Å²) in [5, 5.41) is 2.94. The van der Waals surface area contributed by atoms with Crippen LogP contribution in [0.5, 0.6) is 11.5 Å². The Hall–Kier alpha value is -2.27. The van der Waals surface area contributed by atoms with E-state index in [9.17, 15) is 4.79 Å². The zero-order valence-corrected chi connectivity index (χ0v) is 15.5. The minimum atomic E-state index is -0.153. The lowest BCUT2D eigenvalue weighted by Crippen LogP contribution is -2.24. The molecule has 0 saturated carbocycles. The minimum Gasteiger partial charge on any atom is -0.493 e. The van der Waals surface area contributed by atoms with Crippen LogP contribution in [0.1, 0.15) is 24.1 Å². The van der Waals surface area contributed by atoms with Crippen LogP contribution in [0.2, 0.25) is 0 Å². The predicted octanol–water partition coefficient (Wildman–Crippen LogP) is 4.36. The molecule has 2 aromatic carbocycles. The van der Waals surface area contributed by atoms with Crippen LogP contribution in [0, 0.1) is 0 Å². The molecule has 4 nitrogen and oxygen atoms in total. The molecule has 0 aliphatic rings. The van der Waals surface area contributed by atoms with Gasteiger partial charge in [0.25, 0.3) is 0 Å². The molecule has 0 heterocycles. The van der Waals surface area contributed by atoms with Crippen molar-refractivity contribution in [1.82, 2.24) is 5.32 Å². The van der Waals surface area contributed by atoms with Crippen molar-refractivity contribution in [2.75, 3.05) is 14.2 Å². The van der Waals surface area contributed by atoms with E-state index in [0.717, 1.165) is 15.6 Å². The van der Waals surface area contributed by atoms with E-state index in [1.54, 1.807) is 26.4 Å². The molecular formula is C19H20BrNO3. The highest BCUT2D eigenvalue weighted by atomic mass is 79.9. The van der Waals surface area contributed by atoms with Crippen molar-refractivity contribution in [2.24, 2.45) is 0 Å². The third-order valence-electron chi connectivity index (χ3n) is 3.56. The zero-order chi connectivity index (χ0) is 17.5. The van der Waals surface area contributed by atoms with Crippen molar-refractivity contribution in [3.05, 3.63) is 64.1 Å². The first-order chi connectivity index (χ1) is 11.5.